The molecule has 3 aromatic rings. The highest BCUT2D eigenvalue weighted by Gasteiger charge is 2.35. The van der Waals surface area contributed by atoms with Crippen molar-refractivity contribution in [3.8, 4) is 5.95 Å². The Balaban J connectivity index is 1.44. The first-order chi connectivity index (χ1) is 14.3. The van der Waals surface area contributed by atoms with E-state index in [1.54, 1.807) is 0 Å². The molecule has 1 saturated heterocycles. The van der Waals surface area contributed by atoms with E-state index in [4.69, 9.17) is 0 Å². The Morgan fingerprint density at radius 2 is 1.80 bits per heavy atom. The quantitative estimate of drug-likeness (QED) is 0.717. The summed E-state index contributed by atoms with van der Waals surface area (Å²) in [5.41, 5.74) is 2.88. The number of carbonyl (C=O) groups excluding carboxylic acids is 2. The average Bonchev–Trinajstić information content (AvgIpc) is 3.22. The minimum atomic E-state index is -0.511. The Morgan fingerprint density at radius 3 is 2.40 bits per heavy atom. The zero-order valence-electron chi connectivity index (χ0n) is 16.9. The first-order valence-corrected chi connectivity index (χ1v) is 9.55. The number of nitrogens with zero attached hydrogens (tertiary/aromatic N) is 5. The third-order valence-corrected chi connectivity index (χ3v) is 5.25. The topological polar surface area (TPSA) is 93.0 Å². The fraction of sp³-hybridized carbons (Fsp3) is 0.286. The standard InChI is InChI=1S/C21H21FN6O2/c1-12-13(2)28(14(3)25-12)21-23-9-17(10-24-21)26-20(30)15-8-19(29)27(11-15)18-6-4-16(22)5-7-18/h4-7,9-10,15H,8,11H2,1-3H3,(H,26,30). The Morgan fingerprint density at radius 1 is 1.13 bits per heavy atom. The molecule has 154 valence electrons. The van der Waals surface area contributed by atoms with Crippen molar-refractivity contribution in [2.75, 3.05) is 16.8 Å². The van der Waals surface area contributed by atoms with Crippen LogP contribution in [0.2, 0.25) is 0 Å². The van der Waals surface area contributed by atoms with Crippen LogP contribution in [0.5, 0.6) is 0 Å². The molecule has 1 N–H and O–H groups in total. The van der Waals surface area contributed by atoms with Crippen LogP contribution >= 0.6 is 0 Å². The summed E-state index contributed by atoms with van der Waals surface area (Å²) in [5, 5.41) is 2.77. The highest BCUT2D eigenvalue weighted by Crippen LogP contribution is 2.26. The van der Waals surface area contributed by atoms with E-state index in [0.29, 0.717) is 17.3 Å². The molecule has 1 aliphatic heterocycles. The van der Waals surface area contributed by atoms with E-state index in [9.17, 15) is 14.0 Å². The number of aromatic nitrogens is 4. The van der Waals surface area contributed by atoms with Crippen molar-refractivity contribution >= 4 is 23.2 Å². The van der Waals surface area contributed by atoms with Crippen LogP contribution in [-0.4, -0.2) is 37.9 Å². The van der Waals surface area contributed by atoms with Crippen LogP contribution in [0.4, 0.5) is 15.8 Å². The summed E-state index contributed by atoms with van der Waals surface area (Å²) >= 11 is 0. The number of hydrogen-bond donors (Lipinski definition) is 1. The number of nitrogens with one attached hydrogen (secondary N) is 1. The summed E-state index contributed by atoms with van der Waals surface area (Å²) in [4.78, 5) is 39.5. The fourth-order valence-corrected chi connectivity index (χ4v) is 3.57. The summed E-state index contributed by atoms with van der Waals surface area (Å²) in [5.74, 6) is -0.0819. The maximum atomic E-state index is 13.1. The average molecular weight is 408 g/mol. The monoisotopic (exact) mass is 408 g/mol. The maximum absolute atomic E-state index is 13.1. The molecule has 1 aliphatic rings. The summed E-state index contributed by atoms with van der Waals surface area (Å²) < 4.78 is 15.0. The lowest BCUT2D eigenvalue weighted by Crippen LogP contribution is -2.28. The minimum absolute atomic E-state index is 0.0921. The fourth-order valence-electron chi connectivity index (χ4n) is 3.57. The zero-order chi connectivity index (χ0) is 21.4. The number of amides is 2. The van der Waals surface area contributed by atoms with Crippen molar-refractivity contribution in [1.82, 2.24) is 19.5 Å². The highest BCUT2D eigenvalue weighted by atomic mass is 19.1. The van der Waals surface area contributed by atoms with Crippen LogP contribution in [-0.2, 0) is 9.59 Å². The predicted octanol–water partition coefficient (Wildman–Crippen LogP) is 2.72. The summed E-state index contributed by atoms with van der Waals surface area (Å²) in [7, 11) is 0. The lowest BCUT2D eigenvalue weighted by molar-refractivity contribution is -0.122. The van der Waals surface area contributed by atoms with E-state index in [1.807, 2.05) is 25.3 Å². The van der Waals surface area contributed by atoms with Gasteiger partial charge in [0.05, 0.1) is 29.7 Å². The van der Waals surface area contributed by atoms with Crippen molar-refractivity contribution in [2.24, 2.45) is 5.92 Å². The molecule has 2 amide bonds. The van der Waals surface area contributed by atoms with Crippen molar-refractivity contribution in [1.29, 1.82) is 0 Å². The molecule has 8 nitrogen and oxygen atoms in total. The number of rotatable bonds is 4. The molecule has 0 spiro atoms. The molecule has 1 atom stereocenters. The molecule has 2 aromatic heterocycles. The number of carbonyl (C=O) groups is 2. The van der Waals surface area contributed by atoms with Crippen LogP contribution in [0.1, 0.15) is 23.6 Å². The van der Waals surface area contributed by atoms with E-state index in [1.165, 1.54) is 41.6 Å². The van der Waals surface area contributed by atoms with Gasteiger partial charge in [-0.3, -0.25) is 14.2 Å². The van der Waals surface area contributed by atoms with Gasteiger partial charge in [0.2, 0.25) is 17.8 Å². The molecule has 0 saturated carbocycles. The van der Waals surface area contributed by atoms with E-state index in [-0.39, 0.29) is 30.6 Å². The van der Waals surface area contributed by atoms with Crippen LogP contribution in [0.15, 0.2) is 36.7 Å². The third-order valence-electron chi connectivity index (χ3n) is 5.25. The SMILES string of the molecule is Cc1nc(C)n(-c2ncc(NC(=O)C3CC(=O)N(c4ccc(F)cc4)C3)cn2)c1C. The van der Waals surface area contributed by atoms with Crippen LogP contribution in [0.3, 0.4) is 0 Å². The smallest absolute Gasteiger partial charge is 0.235 e. The van der Waals surface area contributed by atoms with Gasteiger partial charge < -0.3 is 10.2 Å². The number of imidazole rings is 1. The second kappa shape index (κ2) is 7.66. The number of anilines is 2. The molecule has 0 aliphatic carbocycles. The predicted molar refractivity (Wildman–Crippen MR) is 109 cm³/mol. The molecule has 0 bridgehead atoms. The Labute approximate surface area is 172 Å². The van der Waals surface area contributed by atoms with Crippen molar-refractivity contribution in [3.63, 3.8) is 0 Å². The molecule has 9 heteroatoms. The van der Waals surface area contributed by atoms with Gasteiger partial charge in [-0.25, -0.2) is 19.3 Å². The first-order valence-electron chi connectivity index (χ1n) is 9.55. The summed E-state index contributed by atoms with van der Waals surface area (Å²) in [6.45, 7) is 5.98. The molecule has 1 aromatic carbocycles. The highest BCUT2D eigenvalue weighted by molar-refractivity contribution is 6.03. The first kappa shape index (κ1) is 19.7. The van der Waals surface area contributed by atoms with Crippen molar-refractivity contribution in [2.45, 2.75) is 27.2 Å². The van der Waals surface area contributed by atoms with Crippen molar-refractivity contribution in [3.05, 3.63) is 59.7 Å². The number of halogens is 1. The molecular formula is C21H21FN6O2. The summed E-state index contributed by atoms with van der Waals surface area (Å²) in [6.07, 6.45) is 3.15. The molecule has 1 unspecified atom stereocenters. The van der Waals surface area contributed by atoms with Gasteiger partial charge in [-0.1, -0.05) is 0 Å². The number of benzene rings is 1. The molecule has 4 rings (SSSR count). The number of hydrogen-bond acceptors (Lipinski definition) is 5. The Bertz CT molecular complexity index is 1110. The normalized spacial score (nSPS) is 16.2. The molecule has 30 heavy (non-hydrogen) atoms. The molecule has 3 heterocycles. The second-order valence-electron chi connectivity index (χ2n) is 7.31. The largest absolute Gasteiger partial charge is 0.323 e. The van der Waals surface area contributed by atoms with E-state index < -0.39 is 5.92 Å². The molecule has 1 fully saturated rings. The maximum Gasteiger partial charge on any atom is 0.235 e. The molecule has 0 radical (unpaired) electrons. The lowest BCUT2D eigenvalue weighted by atomic mass is 10.1. The van der Waals surface area contributed by atoms with E-state index in [0.717, 1.165) is 17.2 Å². The van der Waals surface area contributed by atoms with Gasteiger partial charge in [0.1, 0.15) is 11.6 Å². The van der Waals surface area contributed by atoms with Gasteiger partial charge in [-0.15, -0.1) is 0 Å². The number of aryl methyl sites for hydroxylation is 2. The van der Waals surface area contributed by atoms with Gasteiger partial charge in [0.25, 0.3) is 0 Å². The van der Waals surface area contributed by atoms with Gasteiger partial charge in [-0.05, 0) is 45.0 Å². The lowest BCUT2D eigenvalue weighted by Gasteiger charge is -2.16. The minimum Gasteiger partial charge on any atom is -0.323 e. The van der Waals surface area contributed by atoms with E-state index in [2.05, 4.69) is 20.3 Å². The van der Waals surface area contributed by atoms with E-state index >= 15 is 0 Å². The van der Waals surface area contributed by atoms with Crippen LogP contribution < -0.4 is 10.2 Å². The second-order valence-corrected chi connectivity index (χ2v) is 7.31. The van der Waals surface area contributed by atoms with Crippen LogP contribution in [0.25, 0.3) is 5.95 Å². The Hall–Kier alpha value is -3.62. The van der Waals surface area contributed by atoms with Crippen molar-refractivity contribution < 1.29 is 14.0 Å². The Kier molecular flexibility index (Phi) is 5.03. The van der Waals surface area contributed by atoms with Crippen LogP contribution in [0, 0.1) is 32.5 Å². The molecular weight excluding hydrogens is 387 g/mol. The zero-order valence-corrected chi connectivity index (χ0v) is 16.9. The van der Waals surface area contributed by atoms with Gasteiger partial charge in [-0.2, -0.15) is 0 Å². The third kappa shape index (κ3) is 3.66. The summed E-state index contributed by atoms with van der Waals surface area (Å²) in [6, 6.07) is 5.64. The van der Waals surface area contributed by atoms with Gasteiger partial charge in [0, 0.05) is 24.3 Å². The van der Waals surface area contributed by atoms with Gasteiger partial charge in [0.15, 0.2) is 0 Å². The van der Waals surface area contributed by atoms with Gasteiger partial charge >= 0.3 is 0 Å².